The van der Waals surface area contributed by atoms with Gasteiger partial charge in [-0.15, -0.1) is 11.3 Å². The summed E-state index contributed by atoms with van der Waals surface area (Å²) in [6.07, 6.45) is 0.329. The summed E-state index contributed by atoms with van der Waals surface area (Å²) in [5, 5.41) is 9.38. The van der Waals surface area contributed by atoms with Gasteiger partial charge in [0.05, 0.1) is 17.8 Å². The molecule has 3 nitrogen and oxygen atoms in total. The van der Waals surface area contributed by atoms with Crippen molar-refractivity contribution in [2.75, 3.05) is 5.32 Å². The molecule has 0 bridgehead atoms. The average Bonchev–Trinajstić information content (AvgIpc) is 3.34. The molecular weight excluding hydrogens is 379 g/mol. The van der Waals surface area contributed by atoms with Crippen molar-refractivity contribution in [2.24, 2.45) is 0 Å². The number of nitrogens with one attached hydrogen (secondary N) is 1. The molecule has 0 spiro atoms. The second kappa shape index (κ2) is 7.82. The fourth-order valence-corrected chi connectivity index (χ4v) is 4.26. The van der Waals surface area contributed by atoms with Gasteiger partial charge in [-0.25, -0.2) is 9.37 Å². The van der Waals surface area contributed by atoms with Crippen LogP contribution in [0.15, 0.2) is 70.7 Å². The van der Waals surface area contributed by atoms with E-state index in [0.29, 0.717) is 28.4 Å². The third-order valence-corrected chi connectivity index (χ3v) is 5.64. The summed E-state index contributed by atoms with van der Waals surface area (Å²) in [5.41, 5.74) is 3.70. The van der Waals surface area contributed by atoms with Crippen LogP contribution in [0.2, 0.25) is 0 Å². The van der Waals surface area contributed by atoms with Gasteiger partial charge in [-0.05, 0) is 40.6 Å². The first-order chi connectivity index (χ1) is 13.2. The molecular formula is C21H15FN2OS2. The topological polar surface area (TPSA) is 42.0 Å². The summed E-state index contributed by atoms with van der Waals surface area (Å²) in [6, 6.07) is 16.0. The summed E-state index contributed by atoms with van der Waals surface area (Å²) < 4.78 is 14.0. The average molecular weight is 394 g/mol. The lowest BCUT2D eigenvalue weighted by atomic mass is 10.1. The molecule has 4 rings (SSSR count). The van der Waals surface area contributed by atoms with E-state index in [-0.39, 0.29) is 11.7 Å². The molecule has 27 heavy (non-hydrogen) atoms. The van der Waals surface area contributed by atoms with Gasteiger partial charge in [0, 0.05) is 16.5 Å². The number of benzene rings is 2. The van der Waals surface area contributed by atoms with Crippen LogP contribution in [0.1, 0.15) is 5.56 Å². The highest BCUT2D eigenvalue weighted by Gasteiger charge is 2.14. The molecule has 134 valence electrons. The van der Waals surface area contributed by atoms with Crippen molar-refractivity contribution in [1.82, 2.24) is 4.98 Å². The number of amides is 1. The van der Waals surface area contributed by atoms with Crippen LogP contribution in [0.3, 0.4) is 0 Å². The molecule has 2 heterocycles. The number of aromatic nitrogens is 1. The second-order valence-corrected chi connectivity index (χ2v) is 7.56. The van der Waals surface area contributed by atoms with Gasteiger partial charge in [-0.1, -0.05) is 30.3 Å². The van der Waals surface area contributed by atoms with Crippen molar-refractivity contribution in [3.05, 3.63) is 82.1 Å². The van der Waals surface area contributed by atoms with Crippen LogP contribution < -0.4 is 5.32 Å². The molecule has 0 fully saturated rings. The summed E-state index contributed by atoms with van der Waals surface area (Å²) in [4.78, 5) is 16.9. The van der Waals surface area contributed by atoms with Gasteiger partial charge < -0.3 is 5.32 Å². The van der Waals surface area contributed by atoms with Gasteiger partial charge in [0.2, 0.25) is 5.91 Å². The van der Waals surface area contributed by atoms with Crippen molar-refractivity contribution in [3.8, 4) is 21.8 Å². The lowest BCUT2D eigenvalue weighted by Gasteiger charge is -2.09. The number of halogens is 1. The number of hydrogen-bond donors (Lipinski definition) is 1. The van der Waals surface area contributed by atoms with Gasteiger partial charge in [0.15, 0.2) is 0 Å². The van der Waals surface area contributed by atoms with Gasteiger partial charge in [0.25, 0.3) is 0 Å². The molecule has 0 radical (unpaired) electrons. The van der Waals surface area contributed by atoms with Crippen LogP contribution >= 0.6 is 22.7 Å². The Balaban J connectivity index is 1.60. The molecule has 0 saturated heterocycles. The predicted molar refractivity (Wildman–Crippen MR) is 110 cm³/mol. The summed E-state index contributed by atoms with van der Waals surface area (Å²) in [5.74, 6) is -0.374. The maximum Gasteiger partial charge on any atom is 0.228 e. The van der Waals surface area contributed by atoms with E-state index < -0.39 is 0 Å². The number of anilines is 1. The first kappa shape index (κ1) is 17.6. The lowest BCUT2D eigenvalue weighted by Crippen LogP contribution is -2.14. The zero-order valence-corrected chi connectivity index (χ0v) is 15.8. The van der Waals surface area contributed by atoms with Crippen LogP contribution in [0.5, 0.6) is 0 Å². The Hall–Kier alpha value is -2.83. The normalized spacial score (nSPS) is 10.7. The number of nitrogens with zero attached hydrogens (tertiary/aromatic N) is 1. The van der Waals surface area contributed by atoms with Crippen molar-refractivity contribution in [1.29, 1.82) is 0 Å². The highest BCUT2D eigenvalue weighted by Crippen LogP contribution is 2.33. The number of thiazole rings is 1. The molecule has 0 saturated carbocycles. The van der Waals surface area contributed by atoms with Gasteiger partial charge in [-0.2, -0.15) is 11.3 Å². The molecule has 0 aliphatic heterocycles. The Kier molecular flexibility index (Phi) is 5.09. The third kappa shape index (κ3) is 3.97. The summed E-state index contributed by atoms with van der Waals surface area (Å²) in [6.45, 7) is 0. The van der Waals surface area contributed by atoms with E-state index in [1.165, 1.54) is 17.4 Å². The Morgan fingerprint density at radius 2 is 1.78 bits per heavy atom. The van der Waals surface area contributed by atoms with E-state index in [4.69, 9.17) is 0 Å². The summed E-state index contributed by atoms with van der Waals surface area (Å²) in [7, 11) is 0. The number of para-hydroxylation sites is 1. The van der Waals surface area contributed by atoms with Crippen LogP contribution in [0.4, 0.5) is 10.1 Å². The van der Waals surface area contributed by atoms with Crippen LogP contribution in [-0.4, -0.2) is 10.9 Å². The predicted octanol–water partition coefficient (Wildman–Crippen LogP) is 5.86. The largest absolute Gasteiger partial charge is 0.325 e. The third-order valence-electron chi connectivity index (χ3n) is 4.03. The van der Waals surface area contributed by atoms with Crippen LogP contribution in [-0.2, 0) is 11.2 Å². The molecule has 6 heteroatoms. The number of thiophene rings is 1. The minimum Gasteiger partial charge on any atom is -0.325 e. The van der Waals surface area contributed by atoms with Crippen molar-refractivity contribution < 1.29 is 9.18 Å². The van der Waals surface area contributed by atoms with Crippen LogP contribution in [0.25, 0.3) is 21.8 Å². The molecule has 4 aromatic rings. The monoisotopic (exact) mass is 394 g/mol. The zero-order chi connectivity index (χ0) is 18.6. The minimum atomic E-state index is -0.296. The molecule has 1 amide bonds. The van der Waals surface area contributed by atoms with Crippen molar-refractivity contribution in [2.45, 2.75) is 6.42 Å². The fraction of sp³-hybridized carbons (Fsp3) is 0.0476. The van der Waals surface area contributed by atoms with E-state index >= 15 is 0 Å². The zero-order valence-electron chi connectivity index (χ0n) is 14.2. The van der Waals surface area contributed by atoms with Gasteiger partial charge >= 0.3 is 0 Å². The standard InChI is InChI=1S/C21H15FN2OS2/c22-17-7-3-1-5-15(17)21-24-19(13-27-21)16-6-2-4-8-18(16)23-20(25)11-14-9-10-26-12-14/h1-10,12-13H,11H2,(H,23,25). The number of rotatable bonds is 5. The van der Waals surface area contributed by atoms with E-state index in [1.807, 2.05) is 46.5 Å². The van der Waals surface area contributed by atoms with Crippen LogP contribution in [0, 0.1) is 5.82 Å². The Labute approximate surface area is 164 Å². The maximum absolute atomic E-state index is 14.0. The molecule has 2 aromatic heterocycles. The molecule has 1 N–H and O–H groups in total. The maximum atomic E-state index is 14.0. The Bertz CT molecular complexity index is 1070. The number of carbonyl (C=O) groups excluding carboxylic acids is 1. The SMILES string of the molecule is O=C(Cc1ccsc1)Nc1ccccc1-c1csc(-c2ccccc2F)n1. The van der Waals surface area contributed by atoms with E-state index in [9.17, 15) is 9.18 Å². The number of carbonyl (C=O) groups is 1. The quantitative estimate of drug-likeness (QED) is 0.461. The van der Waals surface area contributed by atoms with E-state index in [1.54, 1.807) is 29.5 Å². The summed E-state index contributed by atoms with van der Waals surface area (Å²) >= 11 is 2.95. The fourth-order valence-electron chi connectivity index (χ4n) is 2.74. The van der Waals surface area contributed by atoms with Crippen molar-refractivity contribution in [3.63, 3.8) is 0 Å². The van der Waals surface area contributed by atoms with Gasteiger partial charge in [0.1, 0.15) is 10.8 Å². The smallest absolute Gasteiger partial charge is 0.228 e. The van der Waals surface area contributed by atoms with Gasteiger partial charge in [-0.3, -0.25) is 4.79 Å². The van der Waals surface area contributed by atoms with Crippen molar-refractivity contribution >= 4 is 34.3 Å². The first-order valence-electron chi connectivity index (χ1n) is 8.31. The Morgan fingerprint density at radius 3 is 2.56 bits per heavy atom. The highest BCUT2D eigenvalue weighted by molar-refractivity contribution is 7.13. The lowest BCUT2D eigenvalue weighted by molar-refractivity contribution is -0.115. The molecule has 2 aromatic carbocycles. The number of hydrogen-bond acceptors (Lipinski definition) is 4. The van der Waals surface area contributed by atoms with E-state index in [0.717, 1.165) is 11.1 Å². The molecule has 0 unspecified atom stereocenters. The second-order valence-electron chi connectivity index (χ2n) is 5.92. The first-order valence-corrected chi connectivity index (χ1v) is 10.1. The Morgan fingerprint density at radius 1 is 1.00 bits per heavy atom. The molecule has 0 aliphatic carbocycles. The highest BCUT2D eigenvalue weighted by atomic mass is 32.1. The van der Waals surface area contributed by atoms with E-state index in [2.05, 4.69) is 10.3 Å². The molecule has 0 aliphatic rings. The molecule has 0 atom stereocenters. The minimum absolute atomic E-state index is 0.0783.